The molecule has 0 heterocycles. The van der Waals surface area contributed by atoms with Gasteiger partial charge in [0.25, 0.3) is 0 Å². The van der Waals surface area contributed by atoms with Gasteiger partial charge in [-0.1, -0.05) is 27.2 Å². The molecule has 0 aromatic rings. The summed E-state index contributed by atoms with van der Waals surface area (Å²) >= 11 is 0. The summed E-state index contributed by atoms with van der Waals surface area (Å²) in [4.78, 5) is 2.69. The zero-order valence-electron chi connectivity index (χ0n) is 11.6. The monoisotopic (exact) mass is 226 g/mol. The molecule has 3 unspecified atom stereocenters. The Bertz CT molecular complexity index is 182. The highest BCUT2D eigenvalue weighted by molar-refractivity contribution is 4.89. The number of hydrogen-bond donors (Lipinski definition) is 1. The molecule has 1 rings (SSSR count). The van der Waals surface area contributed by atoms with Crippen molar-refractivity contribution >= 4 is 0 Å². The SMILES string of the molecule is CCCCN(CC)C1CC(C)CCC1NC. The number of unbranched alkanes of at least 4 members (excludes halogenated alkanes) is 1. The van der Waals surface area contributed by atoms with Crippen LogP contribution in [0.15, 0.2) is 0 Å². The van der Waals surface area contributed by atoms with Crippen LogP contribution in [0.4, 0.5) is 0 Å². The maximum absolute atomic E-state index is 3.52. The van der Waals surface area contributed by atoms with Crippen molar-refractivity contribution in [2.75, 3.05) is 20.1 Å². The average Bonchev–Trinajstić information content (AvgIpc) is 2.30. The Labute approximate surface area is 102 Å². The number of rotatable bonds is 6. The van der Waals surface area contributed by atoms with Crippen LogP contribution < -0.4 is 5.32 Å². The molecule has 0 saturated heterocycles. The summed E-state index contributed by atoms with van der Waals surface area (Å²) in [5.41, 5.74) is 0. The van der Waals surface area contributed by atoms with Gasteiger partial charge in [0, 0.05) is 12.1 Å². The molecule has 2 nitrogen and oxygen atoms in total. The van der Waals surface area contributed by atoms with Gasteiger partial charge in [0.2, 0.25) is 0 Å². The molecule has 0 bridgehead atoms. The first-order valence-corrected chi connectivity index (χ1v) is 7.14. The smallest absolute Gasteiger partial charge is 0.0251 e. The predicted octanol–water partition coefficient (Wildman–Crippen LogP) is 2.89. The van der Waals surface area contributed by atoms with Crippen LogP contribution in [-0.4, -0.2) is 37.1 Å². The number of nitrogens with one attached hydrogen (secondary N) is 1. The number of likely N-dealkylation sites (N-methyl/N-ethyl adjacent to an activating group) is 2. The maximum Gasteiger partial charge on any atom is 0.0251 e. The Balaban J connectivity index is 2.55. The molecule has 3 atom stereocenters. The molecular weight excluding hydrogens is 196 g/mol. The van der Waals surface area contributed by atoms with E-state index < -0.39 is 0 Å². The summed E-state index contributed by atoms with van der Waals surface area (Å²) in [6.07, 6.45) is 6.78. The lowest BCUT2D eigenvalue weighted by atomic mass is 9.82. The molecule has 0 aromatic carbocycles. The van der Waals surface area contributed by atoms with Crippen LogP contribution in [0.25, 0.3) is 0 Å². The van der Waals surface area contributed by atoms with Crippen molar-refractivity contribution in [3.05, 3.63) is 0 Å². The van der Waals surface area contributed by atoms with E-state index in [1.165, 1.54) is 45.2 Å². The minimum absolute atomic E-state index is 0.716. The van der Waals surface area contributed by atoms with E-state index in [0.29, 0.717) is 6.04 Å². The van der Waals surface area contributed by atoms with E-state index in [0.717, 1.165) is 12.0 Å². The Hall–Kier alpha value is -0.0800. The third kappa shape index (κ3) is 3.74. The van der Waals surface area contributed by atoms with Gasteiger partial charge in [-0.2, -0.15) is 0 Å². The van der Waals surface area contributed by atoms with Crippen LogP contribution in [0, 0.1) is 5.92 Å². The summed E-state index contributed by atoms with van der Waals surface area (Å²) in [7, 11) is 2.13. The first-order chi connectivity index (χ1) is 7.72. The minimum atomic E-state index is 0.716. The third-order valence-corrected chi connectivity index (χ3v) is 4.12. The zero-order chi connectivity index (χ0) is 12.0. The summed E-state index contributed by atoms with van der Waals surface area (Å²) in [5.74, 6) is 0.908. The fourth-order valence-corrected chi connectivity index (χ4v) is 3.01. The zero-order valence-corrected chi connectivity index (χ0v) is 11.6. The molecule has 96 valence electrons. The molecule has 0 radical (unpaired) electrons. The van der Waals surface area contributed by atoms with Gasteiger partial charge >= 0.3 is 0 Å². The second-order valence-electron chi connectivity index (χ2n) is 5.36. The summed E-state index contributed by atoms with van der Waals surface area (Å²) in [6.45, 7) is 9.49. The fraction of sp³-hybridized carbons (Fsp3) is 1.00. The van der Waals surface area contributed by atoms with Crippen molar-refractivity contribution in [3.8, 4) is 0 Å². The highest BCUT2D eigenvalue weighted by atomic mass is 15.2. The molecule has 0 spiro atoms. The van der Waals surface area contributed by atoms with Crippen LogP contribution in [0.1, 0.15) is 52.9 Å². The van der Waals surface area contributed by atoms with Gasteiger partial charge in [0.1, 0.15) is 0 Å². The highest BCUT2D eigenvalue weighted by Gasteiger charge is 2.30. The van der Waals surface area contributed by atoms with Crippen molar-refractivity contribution in [1.82, 2.24) is 10.2 Å². The van der Waals surface area contributed by atoms with E-state index in [9.17, 15) is 0 Å². The Kier molecular flexibility index (Phi) is 6.37. The summed E-state index contributed by atoms with van der Waals surface area (Å²) in [6, 6.07) is 1.48. The van der Waals surface area contributed by atoms with Crippen molar-refractivity contribution < 1.29 is 0 Å². The lowest BCUT2D eigenvalue weighted by Gasteiger charge is -2.41. The van der Waals surface area contributed by atoms with Crippen molar-refractivity contribution in [3.63, 3.8) is 0 Å². The predicted molar refractivity (Wildman–Crippen MR) is 71.8 cm³/mol. The van der Waals surface area contributed by atoms with E-state index in [2.05, 4.69) is 38.0 Å². The van der Waals surface area contributed by atoms with Gasteiger partial charge in [-0.15, -0.1) is 0 Å². The first-order valence-electron chi connectivity index (χ1n) is 7.14. The lowest BCUT2D eigenvalue weighted by molar-refractivity contribution is 0.107. The van der Waals surface area contributed by atoms with Crippen molar-refractivity contribution in [2.24, 2.45) is 5.92 Å². The van der Waals surface area contributed by atoms with Crippen LogP contribution in [-0.2, 0) is 0 Å². The molecule has 1 aliphatic carbocycles. The minimum Gasteiger partial charge on any atom is -0.315 e. The average molecular weight is 226 g/mol. The van der Waals surface area contributed by atoms with Crippen LogP contribution >= 0.6 is 0 Å². The molecule has 1 fully saturated rings. The molecule has 0 aromatic heterocycles. The van der Waals surface area contributed by atoms with E-state index in [-0.39, 0.29) is 0 Å². The Morgan fingerprint density at radius 2 is 2.00 bits per heavy atom. The normalized spacial score (nSPS) is 30.9. The summed E-state index contributed by atoms with van der Waals surface area (Å²) in [5, 5.41) is 3.52. The van der Waals surface area contributed by atoms with Gasteiger partial charge in [0.15, 0.2) is 0 Å². The number of hydrogen-bond acceptors (Lipinski definition) is 2. The largest absolute Gasteiger partial charge is 0.315 e. The maximum atomic E-state index is 3.52. The van der Waals surface area contributed by atoms with Crippen molar-refractivity contribution in [2.45, 2.75) is 65.0 Å². The third-order valence-electron chi connectivity index (χ3n) is 4.12. The Morgan fingerprint density at radius 3 is 2.56 bits per heavy atom. The van der Waals surface area contributed by atoms with Crippen LogP contribution in [0.3, 0.4) is 0 Å². The first kappa shape index (κ1) is 14.0. The van der Waals surface area contributed by atoms with Crippen molar-refractivity contribution in [1.29, 1.82) is 0 Å². The standard InChI is InChI=1S/C14H30N2/c1-5-7-10-16(6-2)14-11-12(3)8-9-13(14)15-4/h12-15H,5-11H2,1-4H3. The van der Waals surface area contributed by atoms with Gasteiger partial charge in [0.05, 0.1) is 0 Å². The lowest BCUT2D eigenvalue weighted by Crippen LogP contribution is -2.52. The molecule has 0 aliphatic heterocycles. The van der Waals surface area contributed by atoms with Gasteiger partial charge in [-0.25, -0.2) is 0 Å². The molecule has 1 saturated carbocycles. The van der Waals surface area contributed by atoms with Gasteiger partial charge < -0.3 is 5.32 Å². The van der Waals surface area contributed by atoms with Gasteiger partial charge in [-0.05, 0) is 51.7 Å². The molecule has 2 heteroatoms. The quantitative estimate of drug-likeness (QED) is 0.749. The van der Waals surface area contributed by atoms with Crippen LogP contribution in [0.2, 0.25) is 0 Å². The van der Waals surface area contributed by atoms with E-state index in [1.807, 2.05) is 0 Å². The molecule has 1 N–H and O–H groups in total. The molecule has 16 heavy (non-hydrogen) atoms. The second-order valence-corrected chi connectivity index (χ2v) is 5.36. The highest BCUT2D eigenvalue weighted by Crippen LogP contribution is 2.27. The molecule has 0 amide bonds. The number of nitrogens with zero attached hydrogens (tertiary/aromatic N) is 1. The van der Waals surface area contributed by atoms with E-state index >= 15 is 0 Å². The fourth-order valence-electron chi connectivity index (χ4n) is 3.01. The second kappa shape index (κ2) is 7.29. The van der Waals surface area contributed by atoms with E-state index in [1.54, 1.807) is 0 Å². The summed E-state index contributed by atoms with van der Waals surface area (Å²) < 4.78 is 0. The topological polar surface area (TPSA) is 15.3 Å². The van der Waals surface area contributed by atoms with Crippen LogP contribution in [0.5, 0.6) is 0 Å². The van der Waals surface area contributed by atoms with Gasteiger partial charge in [-0.3, -0.25) is 4.90 Å². The molecule has 1 aliphatic rings. The molecular formula is C14H30N2. The van der Waals surface area contributed by atoms with E-state index in [4.69, 9.17) is 0 Å². The Morgan fingerprint density at radius 1 is 1.25 bits per heavy atom.